The molecule has 0 spiro atoms. The molecule has 0 atom stereocenters. The topological polar surface area (TPSA) is 22.0 Å². The van der Waals surface area contributed by atoms with E-state index in [2.05, 4.69) is 54.1 Å². The Kier molecular flexibility index (Phi) is 7.37. The van der Waals surface area contributed by atoms with Crippen molar-refractivity contribution in [1.29, 1.82) is 0 Å². The highest BCUT2D eigenvalue weighted by atomic mass is 32.1. The summed E-state index contributed by atoms with van der Waals surface area (Å²) in [6.07, 6.45) is 0.914. The fourth-order valence-electron chi connectivity index (χ4n) is 3.27. The summed E-state index contributed by atoms with van der Waals surface area (Å²) in [7, 11) is 0. The molecule has 0 amide bonds. The number of thiophene rings is 1. The van der Waals surface area contributed by atoms with E-state index in [1.807, 2.05) is 39.8 Å². The molecule has 0 fully saturated rings. The van der Waals surface area contributed by atoms with Crippen molar-refractivity contribution in [3.63, 3.8) is 0 Å². The van der Waals surface area contributed by atoms with Crippen molar-refractivity contribution in [3.8, 4) is 10.4 Å². The molecule has 0 bridgehead atoms. The maximum atomic E-state index is 11.1. The Morgan fingerprint density at radius 3 is 2.26 bits per heavy atom. The molecule has 0 unspecified atom stereocenters. The van der Waals surface area contributed by atoms with Gasteiger partial charge in [-0.3, -0.25) is 4.79 Å². The number of hydrogen-bond acceptors (Lipinski definition) is 2. The predicted octanol–water partition coefficient (Wildman–Crippen LogP) is 7.72. The number of hydrogen-bond donors (Lipinski definition) is 0. The van der Waals surface area contributed by atoms with Crippen LogP contribution in [0, 0.1) is 6.92 Å². The lowest BCUT2D eigenvalue weighted by Gasteiger charge is -2.04. The van der Waals surface area contributed by atoms with Gasteiger partial charge in [-0.2, -0.15) is 0 Å². The first-order valence-electron chi connectivity index (χ1n) is 9.78. The number of aromatic nitrogens is 1. The van der Waals surface area contributed by atoms with Crippen LogP contribution in [0.15, 0.2) is 47.8 Å². The number of rotatable bonds is 3. The average molecular weight is 380 g/mol. The Hall–Kier alpha value is -2.39. The van der Waals surface area contributed by atoms with Crippen LogP contribution in [0.3, 0.4) is 0 Å². The van der Waals surface area contributed by atoms with Gasteiger partial charge in [-0.05, 0) is 60.7 Å². The van der Waals surface area contributed by atoms with Gasteiger partial charge >= 0.3 is 0 Å². The van der Waals surface area contributed by atoms with E-state index in [-0.39, 0.29) is 0 Å². The van der Waals surface area contributed by atoms with E-state index in [9.17, 15) is 4.79 Å². The second-order valence-corrected chi connectivity index (χ2v) is 6.77. The highest BCUT2D eigenvalue weighted by Gasteiger charge is 2.12. The van der Waals surface area contributed by atoms with Crippen molar-refractivity contribution in [3.05, 3.63) is 59.0 Å². The van der Waals surface area contributed by atoms with E-state index in [0.29, 0.717) is 0 Å². The molecular weight excluding hydrogens is 350 g/mol. The number of carbonyl (C=O) groups excluding carboxylic acids is 1. The van der Waals surface area contributed by atoms with Crippen LogP contribution < -0.4 is 0 Å². The largest absolute Gasteiger partial charge is 0.341 e. The van der Waals surface area contributed by atoms with Crippen molar-refractivity contribution < 1.29 is 4.79 Å². The van der Waals surface area contributed by atoms with Crippen molar-refractivity contribution in [2.45, 2.75) is 48.1 Å². The lowest BCUT2D eigenvalue weighted by molar-refractivity contribution is 0.112. The van der Waals surface area contributed by atoms with Gasteiger partial charge in [0, 0.05) is 38.8 Å². The van der Waals surface area contributed by atoms with E-state index in [1.54, 1.807) is 11.3 Å². The molecule has 0 aliphatic heterocycles. The van der Waals surface area contributed by atoms with E-state index >= 15 is 0 Å². The van der Waals surface area contributed by atoms with Crippen LogP contribution >= 0.6 is 11.3 Å². The van der Waals surface area contributed by atoms with Gasteiger partial charge in [-0.1, -0.05) is 39.8 Å². The number of fused-ring (bicyclic) bond motifs is 3. The van der Waals surface area contributed by atoms with E-state index in [4.69, 9.17) is 0 Å². The summed E-state index contributed by atoms with van der Waals surface area (Å²) in [5, 5.41) is 4.55. The zero-order valence-corrected chi connectivity index (χ0v) is 18.0. The summed E-state index contributed by atoms with van der Waals surface area (Å²) in [6, 6.07) is 14.8. The fourth-order valence-corrected chi connectivity index (χ4v) is 4.17. The summed E-state index contributed by atoms with van der Waals surface area (Å²) in [5.41, 5.74) is 5.70. The standard InChI is InChI=1S/C20H17NOS.2C2H6/c1-3-21-18-7-4-14(11-22)9-17(18)16-6-5-15(10-19(16)21)20-8-13(2)12-23-20;2*1-2/h4-12H,3H2,1-2H3;2*1-2H3. The van der Waals surface area contributed by atoms with Crippen LogP contribution in [-0.2, 0) is 6.54 Å². The summed E-state index contributed by atoms with van der Waals surface area (Å²) < 4.78 is 2.32. The Morgan fingerprint density at radius 2 is 1.67 bits per heavy atom. The molecule has 0 aliphatic carbocycles. The van der Waals surface area contributed by atoms with Crippen molar-refractivity contribution in [2.24, 2.45) is 0 Å². The lowest BCUT2D eigenvalue weighted by Crippen LogP contribution is -1.93. The van der Waals surface area contributed by atoms with Gasteiger partial charge < -0.3 is 4.57 Å². The molecule has 2 heterocycles. The highest BCUT2D eigenvalue weighted by Crippen LogP contribution is 2.34. The minimum absolute atomic E-state index is 0.727. The first-order valence-corrected chi connectivity index (χ1v) is 10.7. The first-order chi connectivity index (χ1) is 13.2. The number of benzene rings is 2. The highest BCUT2D eigenvalue weighted by molar-refractivity contribution is 7.13. The van der Waals surface area contributed by atoms with Gasteiger partial charge in [-0.25, -0.2) is 0 Å². The zero-order valence-electron chi connectivity index (χ0n) is 17.2. The molecular formula is C24H29NOS. The van der Waals surface area contributed by atoms with Crippen molar-refractivity contribution in [2.75, 3.05) is 0 Å². The summed E-state index contributed by atoms with van der Waals surface area (Å²) >= 11 is 1.78. The molecule has 4 rings (SSSR count). The molecule has 0 radical (unpaired) electrons. The van der Waals surface area contributed by atoms with Crippen molar-refractivity contribution in [1.82, 2.24) is 4.57 Å². The smallest absolute Gasteiger partial charge is 0.150 e. The fraction of sp³-hybridized carbons (Fsp3) is 0.292. The number of aldehydes is 1. The van der Waals surface area contributed by atoms with Crippen LogP contribution in [0.5, 0.6) is 0 Å². The quantitative estimate of drug-likeness (QED) is 0.334. The van der Waals surface area contributed by atoms with Gasteiger partial charge in [0.15, 0.2) is 0 Å². The van der Waals surface area contributed by atoms with E-state index in [0.717, 1.165) is 23.8 Å². The molecule has 0 N–H and O–H groups in total. The minimum atomic E-state index is 0.727. The number of aryl methyl sites for hydroxylation is 2. The molecule has 27 heavy (non-hydrogen) atoms. The third kappa shape index (κ3) is 3.98. The summed E-state index contributed by atoms with van der Waals surface area (Å²) in [5.74, 6) is 0. The predicted molar refractivity (Wildman–Crippen MR) is 121 cm³/mol. The maximum absolute atomic E-state index is 11.1. The lowest BCUT2D eigenvalue weighted by atomic mass is 10.1. The first kappa shape index (κ1) is 20.9. The molecule has 2 aromatic carbocycles. The molecule has 142 valence electrons. The third-order valence-corrected chi connectivity index (χ3v) is 5.45. The van der Waals surface area contributed by atoms with E-state index < -0.39 is 0 Å². The molecule has 0 saturated carbocycles. The van der Waals surface area contributed by atoms with Gasteiger partial charge in [0.25, 0.3) is 0 Å². The van der Waals surface area contributed by atoms with Crippen LogP contribution in [0.25, 0.3) is 32.2 Å². The molecule has 0 saturated heterocycles. The Labute approximate surface area is 166 Å². The Bertz CT molecular complexity index is 1040. The van der Waals surface area contributed by atoms with Crippen LogP contribution in [-0.4, -0.2) is 10.9 Å². The number of carbonyl (C=O) groups is 1. The van der Waals surface area contributed by atoms with Gasteiger partial charge in [0.2, 0.25) is 0 Å². The van der Waals surface area contributed by atoms with Gasteiger partial charge in [-0.15, -0.1) is 11.3 Å². The molecule has 2 nitrogen and oxygen atoms in total. The monoisotopic (exact) mass is 379 g/mol. The second kappa shape index (κ2) is 9.52. The Morgan fingerprint density at radius 1 is 0.926 bits per heavy atom. The molecule has 4 aromatic rings. The molecule has 3 heteroatoms. The van der Waals surface area contributed by atoms with Crippen LogP contribution in [0.2, 0.25) is 0 Å². The summed E-state index contributed by atoms with van der Waals surface area (Å²) in [6.45, 7) is 13.2. The third-order valence-electron chi connectivity index (χ3n) is 4.36. The molecule has 0 aliphatic rings. The van der Waals surface area contributed by atoms with Crippen molar-refractivity contribution >= 4 is 39.4 Å². The summed E-state index contributed by atoms with van der Waals surface area (Å²) in [4.78, 5) is 12.4. The molecule has 2 aromatic heterocycles. The number of nitrogens with zero attached hydrogens (tertiary/aromatic N) is 1. The van der Waals surface area contributed by atoms with Gasteiger partial charge in [0.05, 0.1) is 0 Å². The zero-order chi connectivity index (χ0) is 20.0. The van der Waals surface area contributed by atoms with Crippen LogP contribution in [0.4, 0.5) is 0 Å². The van der Waals surface area contributed by atoms with Crippen LogP contribution in [0.1, 0.15) is 50.5 Å². The maximum Gasteiger partial charge on any atom is 0.150 e. The minimum Gasteiger partial charge on any atom is -0.341 e. The average Bonchev–Trinajstić information content (AvgIpc) is 3.31. The SMILES string of the molecule is CC.CC.CCn1c2ccc(C=O)cc2c2ccc(-c3cc(C)cs3)cc21. The Balaban J connectivity index is 0.000000614. The van der Waals surface area contributed by atoms with Gasteiger partial charge in [0.1, 0.15) is 6.29 Å². The van der Waals surface area contributed by atoms with E-state index in [1.165, 1.54) is 32.4 Å². The normalized spacial score (nSPS) is 10.1. The second-order valence-electron chi connectivity index (χ2n) is 5.86.